The van der Waals surface area contributed by atoms with Crippen molar-refractivity contribution in [2.45, 2.75) is 31.1 Å². The van der Waals surface area contributed by atoms with Gasteiger partial charge in [0.25, 0.3) is 5.56 Å². The Kier molecular flexibility index (Phi) is 4.35. The Labute approximate surface area is 142 Å². The Balaban J connectivity index is 1.95. The van der Waals surface area contributed by atoms with Crippen molar-refractivity contribution in [3.8, 4) is 0 Å². The van der Waals surface area contributed by atoms with Crippen molar-refractivity contribution in [3.63, 3.8) is 0 Å². The maximum Gasteiger partial charge on any atom is 0.293 e. The fourth-order valence-corrected chi connectivity index (χ4v) is 3.47. The van der Waals surface area contributed by atoms with Gasteiger partial charge in [0.05, 0.1) is 5.41 Å². The zero-order chi connectivity index (χ0) is 16.4. The van der Waals surface area contributed by atoms with E-state index in [1.165, 1.54) is 10.8 Å². The van der Waals surface area contributed by atoms with Crippen molar-refractivity contribution in [2.24, 2.45) is 7.05 Å². The van der Waals surface area contributed by atoms with E-state index >= 15 is 0 Å². The molecule has 2 aromatic rings. The van der Waals surface area contributed by atoms with Gasteiger partial charge in [-0.05, 0) is 30.5 Å². The van der Waals surface area contributed by atoms with Crippen LogP contribution in [-0.4, -0.2) is 15.5 Å². The zero-order valence-corrected chi connectivity index (χ0v) is 14.5. The summed E-state index contributed by atoms with van der Waals surface area (Å²) in [5.74, 6) is -0.0588. The van der Waals surface area contributed by atoms with Crippen molar-refractivity contribution in [3.05, 3.63) is 57.0 Å². The van der Waals surface area contributed by atoms with Crippen molar-refractivity contribution >= 4 is 27.7 Å². The van der Waals surface area contributed by atoms with Crippen LogP contribution in [0, 0.1) is 0 Å². The maximum atomic E-state index is 13.0. The first kappa shape index (κ1) is 15.9. The van der Waals surface area contributed by atoms with E-state index in [0.717, 1.165) is 35.7 Å². The third-order valence-corrected chi connectivity index (χ3v) is 5.07. The second-order valence-corrected chi connectivity index (χ2v) is 6.86. The molecule has 1 heterocycles. The topological polar surface area (TPSA) is 64.0 Å². The highest BCUT2D eigenvalue weighted by molar-refractivity contribution is 9.10. The van der Waals surface area contributed by atoms with Crippen molar-refractivity contribution in [1.29, 1.82) is 0 Å². The van der Waals surface area contributed by atoms with Crippen LogP contribution < -0.4 is 10.9 Å². The lowest BCUT2D eigenvalue weighted by Gasteiger charge is -2.28. The number of carbonyl (C=O) groups is 1. The smallest absolute Gasteiger partial charge is 0.293 e. The Hall–Kier alpha value is -1.95. The van der Waals surface area contributed by atoms with Gasteiger partial charge in [-0.25, -0.2) is 4.98 Å². The third kappa shape index (κ3) is 2.95. The van der Waals surface area contributed by atoms with Crippen molar-refractivity contribution in [1.82, 2.24) is 9.55 Å². The molecular formula is C17H18BrN3O2. The highest BCUT2D eigenvalue weighted by Gasteiger charge is 2.43. The molecule has 1 aliphatic rings. The first-order valence-electron chi connectivity index (χ1n) is 7.62. The fourth-order valence-electron chi connectivity index (χ4n) is 3.21. The van der Waals surface area contributed by atoms with Crippen LogP contribution in [0.3, 0.4) is 0 Å². The summed E-state index contributed by atoms with van der Waals surface area (Å²) >= 11 is 3.43. The van der Waals surface area contributed by atoms with E-state index in [1.54, 1.807) is 13.2 Å². The molecule has 0 spiro atoms. The quantitative estimate of drug-likeness (QED) is 0.896. The third-order valence-electron chi connectivity index (χ3n) is 4.54. The van der Waals surface area contributed by atoms with Crippen LogP contribution in [0.2, 0.25) is 0 Å². The molecule has 23 heavy (non-hydrogen) atoms. The monoisotopic (exact) mass is 375 g/mol. The Morgan fingerprint density at radius 1 is 1.26 bits per heavy atom. The van der Waals surface area contributed by atoms with E-state index in [-0.39, 0.29) is 17.3 Å². The molecule has 0 saturated heterocycles. The van der Waals surface area contributed by atoms with Gasteiger partial charge in [-0.2, -0.15) is 0 Å². The molecule has 6 heteroatoms. The number of aryl methyl sites for hydroxylation is 1. The number of anilines is 1. The van der Waals surface area contributed by atoms with E-state index in [0.29, 0.717) is 0 Å². The summed E-state index contributed by atoms with van der Waals surface area (Å²) < 4.78 is 2.39. The Morgan fingerprint density at radius 2 is 1.91 bits per heavy atom. The molecule has 0 radical (unpaired) electrons. The average molecular weight is 376 g/mol. The van der Waals surface area contributed by atoms with E-state index in [2.05, 4.69) is 26.2 Å². The van der Waals surface area contributed by atoms with Crippen LogP contribution in [0.1, 0.15) is 31.2 Å². The van der Waals surface area contributed by atoms with Crippen LogP contribution in [0.5, 0.6) is 0 Å². The molecule has 1 amide bonds. The van der Waals surface area contributed by atoms with Crippen molar-refractivity contribution in [2.75, 3.05) is 5.32 Å². The molecule has 0 atom stereocenters. The number of rotatable bonds is 3. The lowest BCUT2D eigenvalue weighted by Crippen LogP contribution is -2.40. The summed E-state index contributed by atoms with van der Waals surface area (Å²) in [6, 6.07) is 7.85. The van der Waals surface area contributed by atoms with Crippen LogP contribution in [-0.2, 0) is 17.3 Å². The fraction of sp³-hybridized carbons (Fsp3) is 0.353. The molecule has 0 unspecified atom stereocenters. The number of nitrogens with zero attached hydrogens (tertiary/aromatic N) is 2. The molecule has 1 N–H and O–H groups in total. The minimum atomic E-state index is -0.580. The molecule has 3 rings (SSSR count). The summed E-state index contributed by atoms with van der Waals surface area (Å²) in [6.45, 7) is 0. The van der Waals surface area contributed by atoms with Crippen molar-refractivity contribution < 1.29 is 4.79 Å². The number of hydrogen-bond acceptors (Lipinski definition) is 3. The van der Waals surface area contributed by atoms with Gasteiger partial charge in [0, 0.05) is 23.9 Å². The van der Waals surface area contributed by atoms with Gasteiger partial charge < -0.3 is 9.88 Å². The number of carbonyl (C=O) groups excluding carboxylic acids is 1. The summed E-state index contributed by atoms with van der Waals surface area (Å²) in [4.78, 5) is 29.1. The second-order valence-electron chi connectivity index (χ2n) is 5.94. The minimum absolute atomic E-state index is 0.0865. The molecule has 0 aliphatic heterocycles. The van der Waals surface area contributed by atoms with Crippen LogP contribution in [0.4, 0.5) is 5.82 Å². The maximum absolute atomic E-state index is 13.0. The number of halogens is 1. The standard InChI is InChI=1S/C17H18BrN3O2/c1-21-11-10-19-14(15(21)22)20-16(23)17(8-2-3-9-17)12-4-6-13(18)7-5-12/h4-7,10-11H,2-3,8-9H2,1H3,(H,19,20,23). The number of nitrogens with one attached hydrogen (secondary N) is 1. The highest BCUT2D eigenvalue weighted by atomic mass is 79.9. The van der Waals surface area contributed by atoms with Gasteiger partial charge in [-0.1, -0.05) is 40.9 Å². The van der Waals surface area contributed by atoms with Gasteiger partial charge in [0.1, 0.15) is 0 Å². The zero-order valence-electron chi connectivity index (χ0n) is 12.9. The predicted molar refractivity (Wildman–Crippen MR) is 92.4 cm³/mol. The second kappa shape index (κ2) is 6.28. The van der Waals surface area contributed by atoms with E-state index in [4.69, 9.17) is 0 Å². The average Bonchev–Trinajstić information content (AvgIpc) is 3.03. The predicted octanol–water partition coefficient (Wildman–Crippen LogP) is 2.99. The lowest BCUT2D eigenvalue weighted by atomic mass is 9.78. The molecular weight excluding hydrogens is 358 g/mol. The van der Waals surface area contributed by atoms with E-state index < -0.39 is 5.41 Å². The molecule has 1 fully saturated rings. The SMILES string of the molecule is Cn1ccnc(NC(=O)C2(c3ccc(Br)cc3)CCCC2)c1=O. The highest BCUT2D eigenvalue weighted by Crippen LogP contribution is 2.42. The van der Waals surface area contributed by atoms with Crippen LogP contribution in [0.25, 0.3) is 0 Å². The number of benzene rings is 1. The van der Waals surface area contributed by atoms with Crippen LogP contribution in [0.15, 0.2) is 45.9 Å². The summed E-state index contributed by atoms with van der Waals surface area (Å²) in [5.41, 5.74) is 0.108. The van der Waals surface area contributed by atoms with Gasteiger partial charge in [0.2, 0.25) is 5.91 Å². The molecule has 1 aromatic heterocycles. The number of hydrogen-bond donors (Lipinski definition) is 1. The van der Waals surface area contributed by atoms with Gasteiger partial charge in [-0.15, -0.1) is 0 Å². The first-order chi connectivity index (χ1) is 11.0. The molecule has 1 aromatic carbocycles. The molecule has 120 valence electrons. The van der Waals surface area contributed by atoms with Gasteiger partial charge >= 0.3 is 0 Å². The normalized spacial score (nSPS) is 16.3. The molecule has 0 bridgehead atoms. The number of amides is 1. The summed E-state index contributed by atoms with van der Waals surface area (Å²) in [7, 11) is 1.64. The van der Waals surface area contributed by atoms with Gasteiger partial charge in [-0.3, -0.25) is 9.59 Å². The minimum Gasteiger partial charge on any atom is -0.314 e. The van der Waals surface area contributed by atoms with E-state index in [9.17, 15) is 9.59 Å². The lowest BCUT2D eigenvalue weighted by molar-refractivity contribution is -0.121. The largest absolute Gasteiger partial charge is 0.314 e. The Morgan fingerprint density at radius 3 is 2.57 bits per heavy atom. The van der Waals surface area contributed by atoms with E-state index in [1.807, 2.05) is 24.3 Å². The Bertz CT molecular complexity index is 777. The first-order valence-corrected chi connectivity index (χ1v) is 8.41. The number of aromatic nitrogens is 2. The van der Waals surface area contributed by atoms with Gasteiger partial charge in [0.15, 0.2) is 5.82 Å². The van der Waals surface area contributed by atoms with Crippen LogP contribution >= 0.6 is 15.9 Å². The summed E-state index contributed by atoms with van der Waals surface area (Å²) in [5, 5.41) is 2.75. The summed E-state index contributed by atoms with van der Waals surface area (Å²) in [6.07, 6.45) is 6.66. The molecule has 5 nitrogen and oxygen atoms in total. The molecule has 1 saturated carbocycles. The molecule has 1 aliphatic carbocycles.